The fourth-order valence-electron chi connectivity index (χ4n) is 1.73. The Balaban J connectivity index is 2.79. The van der Waals surface area contributed by atoms with Gasteiger partial charge in [0.25, 0.3) is 0 Å². The van der Waals surface area contributed by atoms with Crippen molar-refractivity contribution < 1.29 is 4.74 Å². The molecule has 1 N–H and O–H groups in total. The second-order valence-corrected chi connectivity index (χ2v) is 5.34. The molecule has 1 aromatic rings. The minimum Gasteiger partial charge on any atom is -0.496 e. The molecule has 0 aliphatic heterocycles. The van der Waals surface area contributed by atoms with E-state index < -0.39 is 0 Å². The van der Waals surface area contributed by atoms with Crippen molar-refractivity contribution in [2.24, 2.45) is 5.41 Å². The summed E-state index contributed by atoms with van der Waals surface area (Å²) in [5.74, 6) is 0.893. The fourth-order valence-corrected chi connectivity index (χ4v) is 1.73. The van der Waals surface area contributed by atoms with Crippen LogP contribution < -0.4 is 10.1 Å². The van der Waals surface area contributed by atoms with Crippen molar-refractivity contribution in [2.45, 2.75) is 33.7 Å². The van der Waals surface area contributed by atoms with Crippen molar-refractivity contribution >= 4 is 0 Å². The Morgan fingerprint density at radius 2 is 2.11 bits per heavy atom. The minimum absolute atomic E-state index is 0.160. The summed E-state index contributed by atoms with van der Waals surface area (Å²) in [6, 6.07) is 8.63. The lowest BCUT2D eigenvalue weighted by Crippen LogP contribution is -2.30. The molecule has 0 heterocycles. The van der Waals surface area contributed by atoms with Crippen LogP contribution in [0, 0.1) is 23.7 Å². The van der Waals surface area contributed by atoms with Crippen molar-refractivity contribution in [1.29, 1.82) is 5.26 Å². The van der Waals surface area contributed by atoms with E-state index in [0.717, 1.165) is 11.3 Å². The Labute approximate surface area is 110 Å². The highest BCUT2D eigenvalue weighted by atomic mass is 16.5. The molecule has 0 aromatic heterocycles. The summed E-state index contributed by atoms with van der Waals surface area (Å²) in [4.78, 5) is 0. The van der Waals surface area contributed by atoms with Gasteiger partial charge in [-0.1, -0.05) is 12.1 Å². The van der Waals surface area contributed by atoms with Crippen molar-refractivity contribution in [3.63, 3.8) is 0 Å². The SMILES string of the molecule is COc1cc(C)ccc1C(C)NCC(C)(C)C#N. The number of nitrogens with zero attached hydrogens (tertiary/aromatic N) is 1. The maximum absolute atomic E-state index is 9.00. The number of benzene rings is 1. The van der Waals surface area contributed by atoms with E-state index >= 15 is 0 Å². The van der Waals surface area contributed by atoms with E-state index in [1.54, 1.807) is 7.11 Å². The van der Waals surface area contributed by atoms with Crippen LogP contribution in [0.2, 0.25) is 0 Å². The summed E-state index contributed by atoms with van der Waals surface area (Å²) < 4.78 is 5.40. The Kier molecular flexibility index (Phi) is 4.75. The Morgan fingerprint density at radius 1 is 1.44 bits per heavy atom. The van der Waals surface area contributed by atoms with E-state index in [-0.39, 0.29) is 11.5 Å². The van der Waals surface area contributed by atoms with Gasteiger partial charge in [0.15, 0.2) is 0 Å². The van der Waals surface area contributed by atoms with E-state index in [2.05, 4.69) is 30.4 Å². The number of rotatable bonds is 5. The molecule has 18 heavy (non-hydrogen) atoms. The number of hydrogen-bond donors (Lipinski definition) is 1. The van der Waals surface area contributed by atoms with Gasteiger partial charge in [-0.15, -0.1) is 0 Å². The van der Waals surface area contributed by atoms with Gasteiger partial charge in [-0.2, -0.15) is 5.26 Å². The van der Waals surface area contributed by atoms with Gasteiger partial charge in [0.05, 0.1) is 18.6 Å². The molecule has 0 aliphatic rings. The summed E-state index contributed by atoms with van der Waals surface area (Å²) in [7, 11) is 1.68. The number of aryl methyl sites for hydroxylation is 1. The molecule has 0 saturated heterocycles. The van der Waals surface area contributed by atoms with Crippen LogP contribution in [-0.2, 0) is 0 Å². The van der Waals surface area contributed by atoms with Crippen molar-refractivity contribution in [1.82, 2.24) is 5.32 Å². The van der Waals surface area contributed by atoms with Gasteiger partial charge >= 0.3 is 0 Å². The molecule has 3 heteroatoms. The first-order valence-corrected chi connectivity index (χ1v) is 6.19. The van der Waals surface area contributed by atoms with Gasteiger partial charge in [0.1, 0.15) is 5.75 Å². The summed E-state index contributed by atoms with van der Waals surface area (Å²) in [6.45, 7) is 8.64. The topological polar surface area (TPSA) is 45.0 Å². The molecule has 1 unspecified atom stereocenters. The predicted molar refractivity (Wildman–Crippen MR) is 73.5 cm³/mol. The van der Waals surface area contributed by atoms with Crippen LogP contribution in [-0.4, -0.2) is 13.7 Å². The molecular weight excluding hydrogens is 224 g/mol. The average Bonchev–Trinajstić information content (AvgIpc) is 2.36. The van der Waals surface area contributed by atoms with Crippen molar-refractivity contribution in [3.8, 4) is 11.8 Å². The monoisotopic (exact) mass is 246 g/mol. The lowest BCUT2D eigenvalue weighted by atomic mass is 9.95. The molecule has 0 radical (unpaired) electrons. The first-order valence-electron chi connectivity index (χ1n) is 6.19. The van der Waals surface area contributed by atoms with Crippen LogP contribution in [0.4, 0.5) is 0 Å². The number of nitrogens with one attached hydrogen (secondary N) is 1. The standard InChI is InChI=1S/C15H22N2O/c1-11-6-7-13(14(8-11)18-5)12(2)17-10-15(3,4)9-16/h6-8,12,17H,10H2,1-5H3. The summed E-state index contributed by atoms with van der Waals surface area (Å²) >= 11 is 0. The van der Waals surface area contributed by atoms with Crippen LogP contribution in [0.1, 0.15) is 37.9 Å². The highest BCUT2D eigenvalue weighted by Crippen LogP contribution is 2.26. The third-order valence-corrected chi connectivity index (χ3v) is 3.01. The number of nitriles is 1. The normalized spacial score (nSPS) is 12.9. The zero-order chi connectivity index (χ0) is 13.8. The first kappa shape index (κ1) is 14.5. The molecule has 0 amide bonds. The van der Waals surface area contributed by atoms with Crippen molar-refractivity contribution in [2.75, 3.05) is 13.7 Å². The second-order valence-electron chi connectivity index (χ2n) is 5.34. The molecule has 1 rings (SSSR count). The molecule has 1 atom stereocenters. The minimum atomic E-state index is -0.355. The molecule has 98 valence electrons. The van der Waals surface area contributed by atoms with E-state index in [1.807, 2.05) is 26.8 Å². The van der Waals surface area contributed by atoms with Gasteiger partial charge in [-0.25, -0.2) is 0 Å². The van der Waals surface area contributed by atoms with E-state index in [0.29, 0.717) is 6.54 Å². The van der Waals surface area contributed by atoms with Crippen LogP contribution in [0.3, 0.4) is 0 Å². The third kappa shape index (κ3) is 3.75. The smallest absolute Gasteiger partial charge is 0.123 e. The van der Waals surface area contributed by atoms with Gasteiger partial charge in [-0.3, -0.25) is 0 Å². The summed E-state index contributed by atoms with van der Waals surface area (Å²) in [5, 5.41) is 12.4. The zero-order valence-electron chi connectivity index (χ0n) is 11.9. The fraction of sp³-hybridized carbons (Fsp3) is 0.533. The largest absolute Gasteiger partial charge is 0.496 e. The number of ether oxygens (including phenoxy) is 1. The highest BCUT2D eigenvalue weighted by molar-refractivity contribution is 5.39. The van der Waals surface area contributed by atoms with Crippen LogP contribution in [0.15, 0.2) is 18.2 Å². The molecular formula is C15H22N2O. The lowest BCUT2D eigenvalue weighted by molar-refractivity contribution is 0.385. The third-order valence-electron chi connectivity index (χ3n) is 3.01. The molecule has 0 spiro atoms. The second kappa shape index (κ2) is 5.88. The molecule has 0 fully saturated rings. The molecule has 1 aromatic carbocycles. The first-order chi connectivity index (χ1) is 8.39. The zero-order valence-corrected chi connectivity index (χ0v) is 11.9. The van der Waals surface area contributed by atoms with Gasteiger partial charge in [0, 0.05) is 18.2 Å². The van der Waals surface area contributed by atoms with Crippen LogP contribution in [0.5, 0.6) is 5.75 Å². The predicted octanol–water partition coefficient (Wildman–Crippen LogP) is 3.20. The lowest BCUT2D eigenvalue weighted by Gasteiger charge is -2.22. The average molecular weight is 246 g/mol. The van der Waals surface area contributed by atoms with Crippen molar-refractivity contribution in [3.05, 3.63) is 29.3 Å². The van der Waals surface area contributed by atoms with Crippen LogP contribution in [0.25, 0.3) is 0 Å². The van der Waals surface area contributed by atoms with Gasteiger partial charge < -0.3 is 10.1 Å². The van der Waals surface area contributed by atoms with Gasteiger partial charge in [-0.05, 0) is 39.3 Å². The summed E-state index contributed by atoms with van der Waals surface area (Å²) in [5.41, 5.74) is 1.95. The molecule has 0 saturated carbocycles. The quantitative estimate of drug-likeness (QED) is 0.867. The Hall–Kier alpha value is -1.53. The number of hydrogen-bond acceptors (Lipinski definition) is 3. The van der Waals surface area contributed by atoms with Gasteiger partial charge in [0.2, 0.25) is 0 Å². The molecule has 0 bridgehead atoms. The van der Waals surface area contributed by atoms with Crippen LogP contribution >= 0.6 is 0 Å². The van der Waals surface area contributed by atoms with E-state index in [9.17, 15) is 0 Å². The highest BCUT2D eigenvalue weighted by Gasteiger charge is 2.19. The number of methoxy groups -OCH3 is 1. The molecule has 0 aliphatic carbocycles. The maximum atomic E-state index is 9.00. The maximum Gasteiger partial charge on any atom is 0.123 e. The molecule has 3 nitrogen and oxygen atoms in total. The Morgan fingerprint density at radius 3 is 2.67 bits per heavy atom. The van der Waals surface area contributed by atoms with E-state index in [1.165, 1.54) is 5.56 Å². The summed E-state index contributed by atoms with van der Waals surface area (Å²) in [6.07, 6.45) is 0. The van der Waals surface area contributed by atoms with E-state index in [4.69, 9.17) is 10.00 Å². The Bertz CT molecular complexity index is 446.